The standard InChI is InChI=1S/C29H24N4O3S/c34-29(33(20-22-10-2-1-3-11-22)21-24-14-6-7-18-30-24)25-15-4-5-16-26(25)32-37(35,36)27-17-8-12-23-13-9-19-31-28(23)27/h1-19,32H,20-21H2. The van der Waals surface area contributed by atoms with Crippen molar-refractivity contribution >= 4 is 32.5 Å². The fourth-order valence-corrected chi connectivity index (χ4v) is 5.37. The Labute approximate surface area is 215 Å². The van der Waals surface area contributed by atoms with Crippen LogP contribution >= 0.6 is 0 Å². The van der Waals surface area contributed by atoms with E-state index in [2.05, 4.69) is 14.7 Å². The molecule has 0 saturated heterocycles. The third-order valence-corrected chi connectivity index (χ3v) is 7.27. The molecular formula is C29H24N4O3S. The van der Waals surface area contributed by atoms with Crippen molar-refractivity contribution in [2.75, 3.05) is 4.72 Å². The van der Waals surface area contributed by atoms with Crippen molar-refractivity contribution in [3.05, 3.63) is 132 Å². The maximum Gasteiger partial charge on any atom is 0.264 e. The van der Waals surface area contributed by atoms with E-state index in [-0.39, 0.29) is 28.6 Å². The van der Waals surface area contributed by atoms with Crippen molar-refractivity contribution < 1.29 is 13.2 Å². The predicted octanol–water partition coefficient (Wildman–Crippen LogP) is 5.27. The number of sulfonamides is 1. The van der Waals surface area contributed by atoms with Crippen LogP contribution in [0.5, 0.6) is 0 Å². The average molecular weight is 509 g/mol. The smallest absolute Gasteiger partial charge is 0.264 e. The quantitative estimate of drug-likeness (QED) is 0.308. The lowest BCUT2D eigenvalue weighted by Crippen LogP contribution is -2.31. The van der Waals surface area contributed by atoms with Crippen molar-refractivity contribution in [2.24, 2.45) is 0 Å². The summed E-state index contributed by atoms with van der Waals surface area (Å²) < 4.78 is 29.5. The highest BCUT2D eigenvalue weighted by molar-refractivity contribution is 7.93. The van der Waals surface area contributed by atoms with Crippen molar-refractivity contribution in [2.45, 2.75) is 18.0 Å². The van der Waals surface area contributed by atoms with Gasteiger partial charge < -0.3 is 4.90 Å². The van der Waals surface area contributed by atoms with Crippen LogP contribution in [0.15, 0.2) is 120 Å². The molecule has 0 atom stereocenters. The molecule has 1 N–H and O–H groups in total. The average Bonchev–Trinajstić information content (AvgIpc) is 2.93. The van der Waals surface area contributed by atoms with Crippen LogP contribution < -0.4 is 4.72 Å². The van der Waals surface area contributed by atoms with Gasteiger partial charge in [-0.2, -0.15) is 0 Å². The Bertz CT molecular complexity index is 1600. The Morgan fingerprint density at radius 2 is 1.46 bits per heavy atom. The zero-order valence-electron chi connectivity index (χ0n) is 19.9. The summed E-state index contributed by atoms with van der Waals surface area (Å²) in [7, 11) is -4.04. The van der Waals surface area contributed by atoms with Crippen LogP contribution in [0, 0.1) is 0 Å². The van der Waals surface area contributed by atoms with Gasteiger partial charge in [-0.1, -0.05) is 66.7 Å². The Morgan fingerprint density at radius 3 is 2.27 bits per heavy atom. The minimum atomic E-state index is -4.04. The maximum atomic E-state index is 13.9. The molecule has 2 aromatic heterocycles. The Kier molecular flexibility index (Phi) is 6.91. The van der Waals surface area contributed by atoms with Crippen LogP contribution in [-0.4, -0.2) is 29.2 Å². The van der Waals surface area contributed by atoms with Gasteiger partial charge in [-0.15, -0.1) is 0 Å². The molecule has 7 nitrogen and oxygen atoms in total. The lowest BCUT2D eigenvalue weighted by Gasteiger charge is -2.24. The van der Waals surface area contributed by atoms with Gasteiger partial charge in [0, 0.05) is 24.3 Å². The topological polar surface area (TPSA) is 92.3 Å². The number of carbonyl (C=O) groups excluding carboxylic acids is 1. The number of nitrogens with one attached hydrogen (secondary N) is 1. The molecule has 0 fully saturated rings. The Balaban J connectivity index is 1.49. The number of rotatable bonds is 8. The molecule has 0 bridgehead atoms. The summed E-state index contributed by atoms with van der Waals surface area (Å²) in [5.74, 6) is -0.316. The first-order chi connectivity index (χ1) is 18.0. The van der Waals surface area contributed by atoms with Gasteiger partial charge in [-0.25, -0.2) is 8.42 Å². The van der Waals surface area contributed by atoms with Gasteiger partial charge in [0.2, 0.25) is 0 Å². The molecule has 0 unspecified atom stereocenters. The monoisotopic (exact) mass is 508 g/mol. The van der Waals surface area contributed by atoms with Gasteiger partial charge in [-0.05, 0) is 42.0 Å². The largest absolute Gasteiger partial charge is 0.328 e. The van der Waals surface area contributed by atoms with Crippen LogP contribution in [0.25, 0.3) is 10.9 Å². The number of pyridine rings is 2. The molecule has 3 aromatic carbocycles. The van der Waals surface area contributed by atoms with E-state index in [4.69, 9.17) is 0 Å². The number of fused-ring (bicyclic) bond motifs is 1. The van der Waals surface area contributed by atoms with Gasteiger partial charge >= 0.3 is 0 Å². The second kappa shape index (κ2) is 10.6. The van der Waals surface area contributed by atoms with E-state index >= 15 is 0 Å². The van der Waals surface area contributed by atoms with Crippen molar-refractivity contribution in [1.82, 2.24) is 14.9 Å². The molecule has 5 rings (SSSR count). The van der Waals surface area contributed by atoms with Gasteiger partial charge in [0.05, 0.1) is 29.0 Å². The predicted molar refractivity (Wildman–Crippen MR) is 143 cm³/mol. The SMILES string of the molecule is O=C(c1ccccc1NS(=O)(=O)c1cccc2cccnc12)N(Cc1ccccc1)Cc1ccccn1. The van der Waals surface area contributed by atoms with Crippen LogP contribution in [0.1, 0.15) is 21.6 Å². The zero-order valence-corrected chi connectivity index (χ0v) is 20.7. The van der Waals surface area contributed by atoms with Gasteiger partial charge in [0.25, 0.3) is 15.9 Å². The number of para-hydroxylation sites is 2. The molecule has 0 saturated carbocycles. The Hall–Kier alpha value is -4.56. The number of anilines is 1. The van der Waals surface area contributed by atoms with E-state index in [1.807, 2.05) is 48.5 Å². The lowest BCUT2D eigenvalue weighted by atomic mass is 10.1. The molecule has 1 amide bonds. The molecule has 0 aliphatic heterocycles. The molecule has 0 aliphatic carbocycles. The summed E-state index contributed by atoms with van der Waals surface area (Å²) in [6.07, 6.45) is 3.23. The van der Waals surface area contributed by atoms with Crippen LogP contribution in [0.3, 0.4) is 0 Å². The third-order valence-electron chi connectivity index (χ3n) is 5.87. The van der Waals surface area contributed by atoms with E-state index < -0.39 is 10.0 Å². The van der Waals surface area contributed by atoms with Crippen molar-refractivity contribution in [3.8, 4) is 0 Å². The molecule has 0 aliphatic rings. The van der Waals surface area contributed by atoms with E-state index in [9.17, 15) is 13.2 Å². The third kappa shape index (κ3) is 5.49. The normalized spacial score (nSPS) is 11.2. The number of hydrogen-bond acceptors (Lipinski definition) is 5. The summed E-state index contributed by atoms with van der Waals surface area (Å²) in [5.41, 5.74) is 2.48. The first-order valence-electron chi connectivity index (χ1n) is 11.7. The maximum absolute atomic E-state index is 13.9. The number of nitrogens with zero attached hydrogens (tertiary/aromatic N) is 3. The summed E-state index contributed by atoms with van der Waals surface area (Å²) >= 11 is 0. The van der Waals surface area contributed by atoms with Crippen LogP contribution in [0.4, 0.5) is 5.69 Å². The fraction of sp³-hybridized carbons (Fsp3) is 0.0690. The molecule has 37 heavy (non-hydrogen) atoms. The molecule has 0 spiro atoms. The van der Waals surface area contributed by atoms with Crippen LogP contribution in [0.2, 0.25) is 0 Å². The van der Waals surface area contributed by atoms with Crippen LogP contribution in [-0.2, 0) is 23.1 Å². The molecule has 2 heterocycles. The van der Waals surface area contributed by atoms with Gasteiger partial charge in [-0.3, -0.25) is 19.5 Å². The first-order valence-corrected chi connectivity index (χ1v) is 13.2. The summed E-state index contributed by atoms with van der Waals surface area (Å²) in [5, 5.41) is 0.708. The summed E-state index contributed by atoms with van der Waals surface area (Å²) in [6.45, 7) is 0.605. The number of carbonyl (C=O) groups is 1. The van der Waals surface area contributed by atoms with E-state index in [0.29, 0.717) is 17.4 Å². The van der Waals surface area contributed by atoms with E-state index in [1.54, 1.807) is 65.8 Å². The minimum absolute atomic E-state index is 0.0440. The fourth-order valence-electron chi connectivity index (χ4n) is 4.11. The molecule has 0 radical (unpaired) electrons. The highest BCUT2D eigenvalue weighted by Crippen LogP contribution is 2.26. The second-order valence-electron chi connectivity index (χ2n) is 8.45. The molecule has 5 aromatic rings. The van der Waals surface area contributed by atoms with E-state index in [0.717, 1.165) is 11.3 Å². The molecule has 184 valence electrons. The van der Waals surface area contributed by atoms with Gasteiger partial charge in [0.1, 0.15) is 4.90 Å². The highest BCUT2D eigenvalue weighted by Gasteiger charge is 2.24. The van der Waals surface area contributed by atoms with Gasteiger partial charge in [0.15, 0.2) is 0 Å². The highest BCUT2D eigenvalue weighted by atomic mass is 32.2. The van der Waals surface area contributed by atoms with Crippen molar-refractivity contribution in [3.63, 3.8) is 0 Å². The zero-order chi connectivity index (χ0) is 25.7. The van der Waals surface area contributed by atoms with E-state index in [1.165, 1.54) is 6.07 Å². The number of aromatic nitrogens is 2. The first kappa shape index (κ1) is 24.1. The number of amides is 1. The Morgan fingerprint density at radius 1 is 0.730 bits per heavy atom. The molecular weight excluding hydrogens is 484 g/mol. The number of benzene rings is 3. The molecule has 8 heteroatoms. The summed E-state index contributed by atoms with van der Waals surface area (Å²) in [6, 6.07) is 30.3. The van der Waals surface area contributed by atoms with Crippen molar-refractivity contribution in [1.29, 1.82) is 0 Å². The number of hydrogen-bond donors (Lipinski definition) is 1. The lowest BCUT2D eigenvalue weighted by molar-refractivity contribution is 0.0729. The second-order valence-corrected chi connectivity index (χ2v) is 10.1. The summed E-state index contributed by atoms with van der Waals surface area (Å²) in [4.78, 5) is 24.2. The minimum Gasteiger partial charge on any atom is -0.328 e.